The van der Waals surface area contributed by atoms with Crippen LogP contribution in [0.5, 0.6) is 0 Å². The molecule has 0 radical (unpaired) electrons. The molecular weight excluding hydrogens is 170 g/mol. The van der Waals surface area contributed by atoms with Crippen LogP contribution < -0.4 is 5.32 Å². The summed E-state index contributed by atoms with van der Waals surface area (Å²) in [6.45, 7) is 5.49. The molecule has 0 aromatic heterocycles. The van der Waals surface area contributed by atoms with Gasteiger partial charge in [-0.05, 0) is 12.8 Å². The van der Waals surface area contributed by atoms with Crippen molar-refractivity contribution in [3.63, 3.8) is 0 Å². The summed E-state index contributed by atoms with van der Waals surface area (Å²) < 4.78 is 4.46. The fourth-order valence-corrected chi connectivity index (χ4v) is 0.907. The van der Waals surface area contributed by atoms with Crippen LogP contribution in [-0.4, -0.2) is 25.0 Å². The van der Waals surface area contributed by atoms with Crippen LogP contribution >= 0.6 is 0 Å². The van der Waals surface area contributed by atoms with Gasteiger partial charge in [0.25, 0.3) is 0 Å². The molecule has 0 spiro atoms. The third-order valence-electron chi connectivity index (χ3n) is 1.53. The number of rotatable bonds is 4. The summed E-state index contributed by atoms with van der Waals surface area (Å²) in [5.74, 6) is -0.241. The molecule has 0 bridgehead atoms. The summed E-state index contributed by atoms with van der Waals surface area (Å²) in [4.78, 5) is 22.1. The Hall–Kier alpha value is -1.06. The second kappa shape index (κ2) is 5.56. The Bertz CT molecular complexity index is 189. The van der Waals surface area contributed by atoms with Gasteiger partial charge in [0.2, 0.25) is 5.91 Å². The van der Waals surface area contributed by atoms with E-state index in [1.54, 1.807) is 6.92 Å². The first-order valence-electron chi connectivity index (χ1n) is 4.34. The Morgan fingerprint density at radius 1 is 1.31 bits per heavy atom. The third kappa shape index (κ3) is 5.22. The fraction of sp³-hybridized carbons (Fsp3) is 0.778. The molecule has 76 valence electrons. The van der Waals surface area contributed by atoms with Gasteiger partial charge in [0.05, 0.1) is 7.11 Å². The zero-order valence-electron chi connectivity index (χ0n) is 8.59. The minimum Gasteiger partial charge on any atom is -0.467 e. The van der Waals surface area contributed by atoms with Gasteiger partial charge in [-0.2, -0.15) is 0 Å². The monoisotopic (exact) mass is 187 g/mol. The number of hydrogen-bond acceptors (Lipinski definition) is 3. The SMILES string of the molecule is COC(=O)C(C)NC(=O)CC(C)C. The van der Waals surface area contributed by atoms with Gasteiger partial charge in [0.15, 0.2) is 0 Å². The first kappa shape index (κ1) is 11.9. The van der Waals surface area contributed by atoms with Crippen molar-refractivity contribution < 1.29 is 14.3 Å². The van der Waals surface area contributed by atoms with Gasteiger partial charge in [0, 0.05) is 6.42 Å². The van der Waals surface area contributed by atoms with Crippen molar-refractivity contribution in [3.05, 3.63) is 0 Å². The number of ether oxygens (including phenoxy) is 1. The number of hydrogen-bond donors (Lipinski definition) is 1. The molecule has 13 heavy (non-hydrogen) atoms. The third-order valence-corrected chi connectivity index (χ3v) is 1.53. The van der Waals surface area contributed by atoms with Crippen molar-refractivity contribution >= 4 is 11.9 Å². The number of carbonyl (C=O) groups is 2. The number of methoxy groups -OCH3 is 1. The molecule has 1 N–H and O–H groups in total. The van der Waals surface area contributed by atoms with E-state index in [0.717, 1.165) is 0 Å². The highest BCUT2D eigenvalue weighted by Crippen LogP contribution is 1.99. The fourth-order valence-electron chi connectivity index (χ4n) is 0.907. The highest BCUT2D eigenvalue weighted by Gasteiger charge is 2.15. The average molecular weight is 187 g/mol. The highest BCUT2D eigenvalue weighted by atomic mass is 16.5. The Balaban J connectivity index is 3.85. The predicted octanol–water partition coefficient (Wildman–Crippen LogP) is 0.710. The lowest BCUT2D eigenvalue weighted by atomic mass is 10.1. The van der Waals surface area contributed by atoms with Gasteiger partial charge in [-0.1, -0.05) is 13.8 Å². The maximum absolute atomic E-state index is 11.2. The van der Waals surface area contributed by atoms with Crippen LogP contribution in [0.25, 0.3) is 0 Å². The first-order valence-corrected chi connectivity index (χ1v) is 4.34. The lowest BCUT2D eigenvalue weighted by molar-refractivity contribution is -0.144. The van der Waals surface area contributed by atoms with Crippen LogP contribution in [0.1, 0.15) is 27.2 Å². The lowest BCUT2D eigenvalue weighted by Gasteiger charge is -2.12. The van der Waals surface area contributed by atoms with Gasteiger partial charge in [0.1, 0.15) is 6.04 Å². The van der Waals surface area contributed by atoms with E-state index < -0.39 is 12.0 Å². The van der Waals surface area contributed by atoms with Crippen molar-refractivity contribution in [2.45, 2.75) is 33.2 Å². The maximum Gasteiger partial charge on any atom is 0.328 e. The van der Waals surface area contributed by atoms with Crippen molar-refractivity contribution in [1.29, 1.82) is 0 Å². The van der Waals surface area contributed by atoms with Crippen molar-refractivity contribution in [2.24, 2.45) is 5.92 Å². The molecule has 0 saturated heterocycles. The number of carbonyl (C=O) groups excluding carboxylic acids is 2. The molecule has 0 saturated carbocycles. The van der Waals surface area contributed by atoms with Crippen molar-refractivity contribution in [1.82, 2.24) is 5.32 Å². The average Bonchev–Trinajstić information content (AvgIpc) is 2.01. The molecule has 0 heterocycles. The molecule has 0 aliphatic heterocycles. The van der Waals surface area contributed by atoms with Crippen LogP contribution in [0.15, 0.2) is 0 Å². The van der Waals surface area contributed by atoms with Crippen LogP contribution in [0.3, 0.4) is 0 Å². The summed E-state index contributed by atoms with van der Waals surface area (Å²) >= 11 is 0. The van der Waals surface area contributed by atoms with Crippen LogP contribution in [0.2, 0.25) is 0 Å². The Labute approximate surface area is 78.6 Å². The standard InChI is InChI=1S/C9H17NO3/c1-6(2)5-8(11)10-7(3)9(12)13-4/h6-7H,5H2,1-4H3,(H,10,11). The number of esters is 1. The number of amides is 1. The molecule has 0 aromatic carbocycles. The molecular formula is C9H17NO3. The molecule has 4 nitrogen and oxygen atoms in total. The van der Waals surface area contributed by atoms with Crippen LogP contribution in [-0.2, 0) is 14.3 Å². The van der Waals surface area contributed by atoms with E-state index in [2.05, 4.69) is 10.1 Å². The lowest BCUT2D eigenvalue weighted by Crippen LogP contribution is -2.39. The molecule has 4 heteroatoms. The minimum atomic E-state index is -0.559. The van der Waals surface area contributed by atoms with Gasteiger partial charge in [-0.25, -0.2) is 4.79 Å². The van der Waals surface area contributed by atoms with E-state index in [9.17, 15) is 9.59 Å². The van der Waals surface area contributed by atoms with Gasteiger partial charge < -0.3 is 10.1 Å². The summed E-state index contributed by atoms with van der Waals surface area (Å²) in [5, 5.41) is 2.55. The van der Waals surface area contributed by atoms with E-state index in [0.29, 0.717) is 12.3 Å². The van der Waals surface area contributed by atoms with Crippen LogP contribution in [0, 0.1) is 5.92 Å². The topological polar surface area (TPSA) is 55.4 Å². The highest BCUT2D eigenvalue weighted by molar-refractivity contribution is 5.84. The molecule has 1 amide bonds. The molecule has 0 aliphatic carbocycles. The number of nitrogens with one attached hydrogen (secondary N) is 1. The maximum atomic E-state index is 11.2. The van der Waals surface area contributed by atoms with Crippen molar-refractivity contribution in [2.75, 3.05) is 7.11 Å². The van der Waals surface area contributed by atoms with E-state index >= 15 is 0 Å². The van der Waals surface area contributed by atoms with Crippen molar-refractivity contribution in [3.8, 4) is 0 Å². The normalized spacial score (nSPS) is 12.4. The van der Waals surface area contributed by atoms with Gasteiger partial charge >= 0.3 is 5.97 Å². The smallest absolute Gasteiger partial charge is 0.328 e. The Morgan fingerprint density at radius 3 is 2.23 bits per heavy atom. The Kier molecular flexibility index (Phi) is 5.11. The Morgan fingerprint density at radius 2 is 1.85 bits per heavy atom. The summed E-state index contributed by atoms with van der Waals surface area (Å²) in [6.07, 6.45) is 0.432. The molecule has 0 aliphatic rings. The zero-order chi connectivity index (χ0) is 10.4. The molecule has 1 unspecified atom stereocenters. The predicted molar refractivity (Wildman–Crippen MR) is 49.1 cm³/mol. The quantitative estimate of drug-likeness (QED) is 0.659. The van der Waals surface area contributed by atoms with E-state index in [4.69, 9.17) is 0 Å². The molecule has 0 rings (SSSR count). The summed E-state index contributed by atoms with van der Waals surface area (Å²) in [5.41, 5.74) is 0. The minimum absolute atomic E-state index is 0.118. The summed E-state index contributed by atoms with van der Waals surface area (Å²) in [6, 6.07) is -0.559. The van der Waals surface area contributed by atoms with Gasteiger partial charge in [-0.15, -0.1) is 0 Å². The van der Waals surface area contributed by atoms with E-state index in [-0.39, 0.29) is 5.91 Å². The van der Waals surface area contributed by atoms with E-state index in [1.807, 2.05) is 13.8 Å². The van der Waals surface area contributed by atoms with Gasteiger partial charge in [-0.3, -0.25) is 4.79 Å². The second-order valence-electron chi connectivity index (χ2n) is 3.41. The molecule has 0 fully saturated rings. The molecule has 1 atom stereocenters. The zero-order valence-corrected chi connectivity index (χ0v) is 8.59. The van der Waals surface area contributed by atoms with E-state index in [1.165, 1.54) is 7.11 Å². The second-order valence-corrected chi connectivity index (χ2v) is 3.41. The largest absolute Gasteiger partial charge is 0.467 e. The summed E-state index contributed by atoms with van der Waals surface area (Å²) in [7, 11) is 1.30. The van der Waals surface area contributed by atoms with Crippen LogP contribution in [0.4, 0.5) is 0 Å². The first-order chi connectivity index (χ1) is 5.97. The molecule has 0 aromatic rings.